The highest BCUT2D eigenvalue weighted by Crippen LogP contribution is 2.25. The van der Waals surface area contributed by atoms with E-state index in [0.29, 0.717) is 58.4 Å². The maximum absolute atomic E-state index is 12.5. The van der Waals surface area contributed by atoms with E-state index < -0.39 is 40.5 Å². The van der Waals surface area contributed by atoms with E-state index in [-0.39, 0.29) is 62.2 Å². The highest BCUT2D eigenvalue weighted by molar-refractivity contribution is 7.86. The molecule has 3 aliphatic rings. The Labute approximate surface area is 375 Å². The van der Waals surface area contributed by atoms with Crippen LogP contribution in [0.25, 0.3) is 0 Å². The molecule has 0 radical (unpaired) electrons. The Morgan fingerprint density at radius 2 is 1.27 bits per heavy atom. The third kappa shape index (κ3) is 12.8. The second-order valence-electron chi connectivity index (χ2n) is 14.3. The first kappa shape index (κ1) is 47.0. The summed E-state index contributed by atoms with van der Waals surface area (Å²) in [7, 11) is -3.62. The average Bonchev–Trinajstić information content (AvgIpc) is 4.10. The molecule has 5 amide bonds. The molecule has 5 heterocycles. The fourth-order valence-corrected chi connectivity index (χ4v) is 8.14. The fourth-order valence-electron chi connectivity index (χ4n) is 6.50. The molecule has 2 atom stereocenters. The third-order valence-corrected chi connectivity index (χ3v) is 11.9. The maximum atomic E-state index is 12.5. The van der Waals surface area contributed by atoms with Gasteiger partial charge in [0.15, 0.2) is 0 Å². The predicted molar refractivity (Wildman–Crippen MR) is 236 cm³/mol. The zero-order chi connectivity index (χ0) is 46.0. The van der Waals surface area contributed by atoms with E-state index in [4.69, 9.17) is 25.0 Å². The van der Waals surface area contributed by atoms with Gasteiger partial charge in [0.1, 0.15) is 37.0 Å². The zero-order valence-electron chi connectivity index (χ0n) is 34.5. The number of anilines is 2. The summed E-state index contributed by atoms with van der Waals surface area (Å²) in [6, 6.07) is 20.0. The Morgan fingerprint density at radius 3 is 1.72 bits per heavy atom. The number of carbonyl (C=O) groups excluding carboxylic acids is 6. The van der Waals surface area contributed by atoms with E-state index in [1.807, 2.05) is 4.90 Å². The highest BCUT2D eigenvalue weighted by Gasteiger charge is 2.36. The van der Waals surface area contributed by atoms with Crippen LogP contribution in [0.5, 0.6) is 0 Å². The lowest BCUT2D eigenvalue weighted by Gasteiger charge is -2.34. The molecule has 0 aliphatic carbocycles. The first-order valence-electron chi connectivity index (χ1n) is 19.6. The quantitative estimate of drug-likeness (QED) is 0.0466. The number of amides is 5. The van der Waals surface area contributed by atoms with Crippen molar-refractivity contribution in [3.8, 4) is 0 Å². The van der Waals surface area contributed by atoms with Crippen LogP contribution >= 0.6 is 22.7 Å². The summed E-state index contributed by atoms with van der Waals surface area (Å²) in [6.07, 6.45) is -1.29. The van der Waals surface area contributed by atoms with Gasteiger partial charge < -0.3 is 29.7 Å². The van der Waals surface area contributed by atoms with E-state index in [0.717, 1.165) is 6.26 Å². The van der Waals surface area contributed by atoms with Crippen molar-refractivity contribution in [2.75, 3.05) is 75.1 Å². The third-order valence-electron chi connectivity index (χ3n) is 9.60. The molecule has 0 saturated carbocycles. The van der Waals surface area contributed by atoms with Gasteiger partial charge in [0.25, 0.3) is 21.9 Å². The number of cyclic esters (lactones) is 2. The first-order chi connectivity index (χ1) is 30.6. The van der Waals surface area contributed by atoms with Crippen LogP contribution < -0.4 is 20.4 Å². The predicted octanol–water partition coefficient (Wildman–Crippen LogP) is 3.34. The van der Waals surface area contributed by atoms with Crippen LogP contribution in [0.2, 0.25) is 0 Å². The maximum Gasteiger partial charge on any atom is 0.414 e. The van der Waals surface area contributed by atoms with E-state index in [1.54, 1.807) is 90.5 Å². The van der Waals surface area contributed by atoms with Crippen LogP contribution in [0.1, 0.15) is 37.4 Å². The van der Waals surface area contributed by atoms with Crippen LogP contribution in [0.15, 0.2) is 83.6 Å². The van der Waals surface area contributed by atoms with Crippen molar-refractivity contribution in [1.82, 2.24) is 20.4 Å². The van der Waals surface area contributed by atoms with E-state index in [2.05, 4.69) is 14.8 Å². The average molecular weight is 937 g/mol. The van der Waals surface area contributed by atoms with Crippen LogP contribution in [-0.2, 0) is 38.1 Å². The summed E-state index contributed by atoms with van der Waals surface area (Å²) in [5.74, 6) is -1.39. The van der Waals surface area contributed by atoms with Crippen molar-refractivity contribution in [3.05, 3.63) is 104 Å². The van der Waals surface area contributed by atoms with Gasteiger partial charge in [-0.05, 0) is 78.3 Å². The second kappa shape index (κ2) is 21.2. The lowest BCUT2D eigenvalue weighted by molar-refractivity contribution is -0.151. The van der Waals surface area contributed by atoms with Gasteiger partial charge in [0.05, 0.1) is 42.3 Å². The van der Waals surface area contributed by atoms with Crippen molar-refractivity contribution in [2.24, 2.45) is 0 Å². The molecule has 2 unspecified atom stereocenters. The van der Waals surface area contributed by atoms with E-state index >= 15 is 0 Å². The Balaban J connectivity index is 0.000000219. The Kier molecular flexibility index (Phi) is 15.6. The fraction of sp³-hybridized carbons (Fsp3) is 0.317. The van der Waals surface area contributed by atoms with E-state index in [9.17, 15) is 37.2 Å². The highest BCUT2D eigenvalue weighted by atomic mass is 32.2. The Bertz CT molecular complexity index is 2470. The van der Waals surface area contributed by atoms with Crippen LogP contribution in [0.3, 0.4) is 0 Å². The number of hydrogen-bond donors (Lipinski definition) is 4. The van der Waals surface area contributed by atoms with Crippen molar-refractivity contribution >= 4 is 91.7 Å². The molecule has 4 N–H and O–H groups in total. The minimum atomic E-state index is -3.62. The van der Waals surface area contributed by atoms with Gasteiger partial charge in [-0.15, -0.1) is 22.7 Å². The number of rotatable bonds is 14. The smallest absolute Gasteiger partial charge is 0.414 e. The summed E-state index contributed by atoms with van der Waals surface area (Å²) >= 11 is 2.57. The Hall–Kier alpha value is -6.53. The van der Waals surface area contributed by atoms with Crippen molar-refractivity contribution in [2.45, 2.75) is 19.1 Å². The molecule has 338 valence electrons. The number of ether oxygens (including phenoxy) is 3. The minimum Gasteiger partial charge on any atom is -0.465 e. The van der Waals surface area contributed by atoms with Crippen LogP contribution in [0, 0.1) is 10.8 Å². The molecule has 64 heavy (non-hydrogen) atoms. The van der Waals surface area contributed by atoms with Crippen molar-refractivity contribution < 1.29 is 55.6 Å². The molecule has 3 fully saturated rings. The molecule has 2 aromatic heterocycles. The second-order valence-corrected chi connectivity index (χ2v) is 17.8. The number of benzene rings is 2. The molecular formula is C41H44N8O12S3. The normalized spacial score (nSPS) is 17.5. The van der Waals surface area contributed by atoms with Gasteiger partial charge in [-0.3, -0.25) is 48.9 Å². The molecule has 0 spiro atoms. The number of esters is 1. The number of amidine groups is 2. The molecule has 0 bridgehead atoms. The molecule has 4 aromatic rings. The lowest BCUT2D eigenvalue weighted by Crippen LogP contribution is -2.53. The van der Waals surface area contributed by atoms with Gasteiger partial charge in [-0.2, -0.15) is 8.42 Å². The molecule has 20 nitrogen and oxygen atoms in total. The summed E-state index contributed by atoms with van der Waals surface area (Å²) < 4.78 is 42.3. The molecule has 2 aromatic carbocycles. The SMILES string of the molecule is CCOC(=O)CN1CCN(CC2CN(c3ccc(C(=N)NC(=O)c4cccs4)cc3)C(=O)O2)CC1=O.CS(=O)(=O)OCC1CN(c2ccc(C(=N)NC(=O)c3cccs3)cc2)C(=O)O1. The number of carbonyl (C=O) groups is 6. The van der Waals surface area contributed by atoms with Crippen LogP contribution in [0.4, 0.5) is 21.0 Å². The van der Waals surface area contributed by atoms with Gasteiger partial charge in [-0.1, -0.05) is 12.1 Å². The van der Waals surface area contributed by atoms with Crippen LogP contribution in [-0.4, -0.2) is 143 Å². The molecule has 3 saturated heterocycles. The number of hydrogen-bond acceptors (Lipinski definition) is 17. The minimum absolute atomic E-state index is 0.0337. The monoisotopic (exact) mass is 936 g/mol. The largest absolute Gasteiger partial charge is 0.465 e. The molecular weight excluding hydrogens is 893 g/mol. The zero-order valence-corrected chi connectivity index (χ0v) is 37.0. The lowest BCUT2D eigenvalue weighted by atomic mass is 10.1. The standard InChI is InChI=1S/C24H27N5O6S.C17H17N3O6S2/c1-2-34-21(31)15-28-10-9-27(14-20(28)30)12-18-13-29(24(33)35-18)17-7-5-16(6-8-17)22(25)26-23(32)19-4-3-11-36-19;1-28(23,24)25-10-13-9-20(17(22)26-13)12-6-4-11(5-7-12)15(18)19-16(21)14-3-2-8-27-14/h3-8,11,18H,2,9-10,12-15H2,1H3,(H2,25,26,32);2-8,13H,9-10H2,1H3,(H2,18,19,21). The number of piperazine rings is 1. The van der Waals surface area contributed by atoms with Gasteiger partial charge in [0, 0.05) is 42.1 Å². The summed E-state index contributed by atoms with van der Waals surface area (Å²) in [4.78, 5) is 80.0. The topological polar surface area (TPSA) is 258 Å². The number of nitrogens with zero attached hydrogens (tertiary/aromatic N) is 4. The summed E-state index contributed by atoms with van der Waals surface area (Å²) in [5.41, 5.74) is 2.11. The molecule has 23 heteroatoms. The summed E-state index contributed by atoms with van der Waals surface area (Å²) in [6.45, 7) is 3.65. The van der Waals surface area contributed by atoms with Gasteiger partial charge in [0.2, 0.25) is 5.91 Å². The number of nitrogens with one attached hydrogen (secondary N) is 4. The molecule has 3 aliphatic heterocycles. The molecule has 7 rings (SSSR count). The first-order valence-corrected chi connectivity index (χ1v) is 23.2. The van der Waals surface area contributed by atoms with Gasteiger partial charge in [-0.25, -0.2) is 9.59 Å². The van der Waals surface area contributed by atoms with Crippen molar-refractivity contribution in [3.63, 3.8) is 0 Å². The Morgan fingerprint density at radius 1 is 0.766 bits per heavy atom. The number of thiophene rings is 2. The van der Waals surface area contributed by atoms with Gasteiger partial charge >= 0.3 is 18.2 Å². The summed E-state index contributed by atoms with van der Waals surface area (Å²) in [5, 5.41) is 24.8. The van der Waals surface area contributed by atoms with E-state index in [1.165, 1.54) is 37.4 Å². The van der Waals surface area contributed by atoms with Crippen molar-refractivity contribution in [1.29, 1.82) is 10.8 Å².